The molecule has 0 aliphatic rings. The Morgan fingerprint density at radius 3 is 2.45 bits per heavy atom. The molecule has 2 aromatic heterocycles. The fourth-order valence-electron chi connectivity index (χ4n) is 1.83. The SMILES string of the molecule is FC(F)(F)c1ccccc1-c1ncc2nccnc2n1. The molecule has 1 aromatic carbocycles. The van der Waals surface area contributed by atoms with E-state index in [1.54, 1.807) is 0 Å². The number of fused-ring (bicyclic) bond motifs is 1. The molecule has 0 bridgehead atoms. The summed E-state index contributed by atoms with van der Waals surface area (Å²) in [5, 5.41) is 0. The van der Waals surface area contributed by atoms with E-state index in [4.69, 9.17) is 0 Å². The highest BCUT2D eigenvalue weighted by molar-refractivity contribution is 5.72. The van der Waals surface area contributed by atoms with Crippen molar-refractivity contribution in [1.82, 2.24) is 19.9 Å². The van der Waals surface area contributed by atoms with Crippen LogP contribution in [0.15, 0.2) is 42.9 Å². The first-order valence-corrected chi connectivity index (χ1v) is 5.66. The highest BCUT2D eigenvalue weighted by Gasteiger charge is 2.34. The van der Waals surface area contributed by atoms with E-state index in [0.29, 0.717) is 5.52 Å². The highest BCUT2D eigenvalue weighted by atomic mass is 19.4. The second-order valence-electron chi connectivity index (χ2n) is 4.00. The van der Waals surface area contributed by atoms with Gasteiger partial charge in [0.1, 0.15) is 5.52 Å². The number of hydrogen-bond donors (Lipinski definition) is 0. The number of alkyl halides is 3. The molecule has 0 aliphatic heterocycles. The van der Waals surface area contributed by atoms with Gasteiger partial charge in [-0.05, 0) is 6.07 Å². The highest BCUT2D eigenvalue weighted by Crippen LogP contribution is 2.35. The zero-order valence-corrected chi connectivity index (χ0v) is 9.96. The van der Waals surface area contributed by atoms with Gasteiger partial charge >= 0.3 is 6.18 Å². The van der Waals surface area contributed by atoms with Crippen LogP contribution in [0.3, 0.4) is 0 Å². The maximum Gasteiger partial charge on any atom is 0.417 e. The summed E-state index contributed by atoms with van der Waals surface area (Å²) < 4.78 is 38.9. The quantitative estimate of drug-likeness (QED) is 0.685. The van der Waals surface area contributed by atoms with Gasteiger partial charge in [0, 0.05) is 18.0 Å². The molecule has 100 valence electrons. The van der Waals surface area contributed by atoms with Gasteiger partial charge in [-0.3, -0.25) is 0 Å². The lowest BCUT2D eigenvalue weighted by molar-refractivity contribution is -0.137. The van der Waals surface area contributed by atoms with E-state index < -0.39 is 11.7 Å². The number of halogens is 3. The van der Waals surface area contributed by atoms with Crippen molar-refractivity contribution in [2.45, 2.75) is 6.18 Å². The molecule has 0 fully saturated rings. The van der Waals surface area contributed by atoms with Crippen LogP contribution in [0.4, 0.5) is 13.2 Å². The molecule has 0 amide bonds. The smallest absolute Gasteiger partial charge is 0.250 e. The molecule has 0 spiro atoms. The van der Waals surface area contributed by atoms with Gasteiger partial charge in [0.2, 0.25) is 0 Å². The molecule has 0 unspecified atom stereocenters. The van der Waals surface area contributed by atoms with Gasteiger partial charge in [0.25, 0.3) is 0 Å². The second-order valence-corrected chi connectivity index (χ2v) is 4.00. The lowest BCUT2D eigenvalue weighted by atomic mass is 10.1. The summed E-state index contributed by atoms with van der Waals surface area (Å²) in [6.45, 7) is 0. The van der Waals surface area contributed by atoms with E-state index in [-0.39, 0.29) is 17.0 Å². The average Bonchev–Trinajstić information content (AvgIpc) is 2.46. The van der Waals surface area contributed by atoms with Gasteiger partial charge in [-0.15, -0.1) is 0 Å². The summed E-state index contributed by atoms with van der Waals surface area (Å²) >= 11 is 0. The normalized spacial score (nSPS) is 11.8. The van der Waals surface area contributed by atoms with Crippen molar-refractivity contribution in [3.63, 3.8) is 0 Å². The largest absolute Gasteiger partial charge is 0.417 e. The number of benzene rings is 1. The van der Waals surface area contributed by atoms with Crippen molar-refractivity contribution in [2.24, 2.45) is 0 Å². The Balaban J connectivity index is 2.21. The minimum atomic E-state index is -4.46. The predicted molar refractivity (Wildman–Crippen MR) is 65.6 cm³/mol. The van der Waals surface area contributed by atoms with Crippen LogP contribution in [0.2, 0.25) is 0 Å². The molecule has 3 rings (SSSR count). The lowest BCUT2D eigenvalue weighted by Gasteiger charge is -2.11. The fraction of sp³-hybridized carbons (Fsp3) is 0.0769. The summed E-state index contributed by atoms with van der Waals surface area (Å²) in [5.74, 6) is -0.0223. The van der Waals surface area contributed by atoms with Gasteiger partial charge in [-0.1, -0.05) is 18.2 Å². The van der Waals surface area contributed by atoms with Crippen LogP contribution in [-0.4, -0.2) is 19.9 Å². The molecule has 0 radical (unpaired) electrons. The Morgan fingerprint density at radius 2 is 1.65 bits per heavy atom. The van der Waals surface area contributed by atoms with E-state index in [0.717, 1.165) is 6.07 Å². The Labute approximate surface area is 111 Å². The Bertz CT molecular complexity index is 771. The molecule has 0 saturated heterocycles. The first-order valence-electron chi connectivity index (χ1n) is 5.66. The van der Waals surface area contributed by atoms with Crippen molar-refractivity contribution in [3.05, 3.63) is 48.4 Å². The second kappa shape index (κ2) is 4.52. The summed E-state index contributed by atoms with van der Waals surface area (Å²) in [5.41, 5.74) is -0.161. The molecule has 0 N–H and O–H groups in total. The van der Waals surface area contributed by atoms with Crippen LogP contribution < -0.4 is 0 Å². The van der Waals surface area contributed by atoms with E-state index in [1.165, 1.54) is 36.8 Å². The van der Waals surface area contributed by atoms with Gasteiger partial charge < -0.3 is 0 Å². The lowest BCUT2D eigenvalue weighted by Crippen LogP contribution is -2.08. The number of rotatable bonds is 1. The molecule has 20 heavy (non-hydrogen) atoms. The van der Waals surface area contributed by atoms with Crippen molar-refractivity contribution in [2.75, 3.05) is 0 Å². The van der Waals surface area contributed by atoms with Crippen LogP contribution >= 0.6 is 0 Å². The average molecular weight is 276 g/mol. The maximum atomic E-state index is 13.0. The number of aromatic nitrogens is 4. The van der Waals surface area contributed by atoms with Crippen molar-refractivity contribution >= 4 is 11.2 Å². The minimum absolute atomic E-state index is 0.0223. The third-order valence-electron chi connectivity index (χ3n) is 2.70. The maximum absolute atomic E-state index is 13.0. The Kier molecular flexibility index (Phi) is 2.81. The Hall–Kier alpha value is -2.57. The minimum Gasteiger partial charge on any atom is -0.250 e. The monoisotopic (exact) mass is 276 g/mol. The first kappa shape index (κ1) is 12.5. The van der Waals surface area contributed by atoms with Gasteiger partial charge in [-0.25, -0.2) is 19.9 Å². The molecule has 2 heterocycles. The standard InChI is InChI=1S/C13H7F3N4/c14-13(15,16)9-4-2-1-3-8(9)11-19-7-10-12(20-11)18-6-5-17-10/h1-7H. The first-order chi connectivity index (χ1) is 9.55. The summed E-state index contributed by atoms with van der Waals surface area (Å²) in [4.78, 5) is 15.9. The molecule has 0 aliphatic carbocycles. The third kappa shape index (κ3) is 2.18. The zero-order chi connectivity index (χ0) is 14.2. The molecule has 4 nitrogen and oxygen atoms in total. The molecule has 3 aromatic rings. The molecule has 0 atom stereocenters. The zero-order valence-electron chi connectivity index (χ0n) is 9.96. The van der Waals surface area contributed by atoms with Gasteiger partial charge in [0.15, 0.2) is 11.5 Å². The molecular weight excluding hydrogens is 269 g/mol. The van der Waals surface area contributed by atoms with E-state index >= 15 is 0 Å². The van der Waals surface area contributed by atoms with Gasteiger partial charge in [-0.2, -0.15) is 13.2 Å². The number of hydrogen-bond acceptors (Lipinski definition) is 4. The summed E-state index contributed by atoms with van der Waals surface area (Å²) in [6, 6.07) is 5.17. The predicted octanol–water partition coefficient (Wildman–Crippen LogP) is 3.11. The van der Waals surface area contributed by atoms with Crippen molar-refractivity contribution in [3.8, 4) is 11.4 Å². The van der Waals surface area contributed by atoms with Crippen molar-refractivity contribution in [1.29, 1.82) is 0 Å². The van der Waals surface area contributed by atoms with E-state index in [9.17, 15) is 13.2 Å². The topological polar surface area (TPSA) is 51.6 Å². The van der Waals surface area contributed by atoms with Crippen molar-refractivity contribution < 1.29 is 13.2 Å². The van der Waals surface area contributed by atoms with Gasteiger partial charge in [0.05, 0.1) is 11.8 Å². The Morgan fingerprint density at radius 1 is 0.900 bits per heavy atom. The summed E-state index contributed by atoms with van der Waals surface area (Å²) in [6.07, 6.45) is -0.209. The summed E-state index contributed by atoms with van der Waals surface area (Å²) in [7, 11) is 0. The fourth-order valence-corrected chi connectivity index (χ4v) is 1.83. The van der Waals surface area contributed by atoms with Crippen LogP contribution in [0, 0.1) is 0 Å². The molecule has 0 saturated carbocycles. The number of nitrogens with zero attached hydrogens (tertiary/aromatic N) is 4. The molecule has 7 heteroatoms. The van der Waals surface area contributed by atoms with Crippen LogP contribution in [0.5, 0.6) is 0 Å². The third-order valence-corrected chi connectivity index (χ3v) is 2.70. The van der Waals surface area contributed by atoms with E-state index in [1.807, 2.05) is 0 Å². The van der Waals surface area contributed by atoms with Crippen LogP contribution in [0.25, 0.3) is 22.6 Å². The van der Waals surface area contributed by atoms with Crippen LogP contribution in [0.1, 0.15) is 5.56 Å². The molecular formula is C13H7F3N4. The van der Waals surface area contributed by atoms with Crippen LogP contribution in [-0.2, 0) is 6.18 Å². The van der Waals surface area contributed by atoms with E-state index in [2.05, 4.69) is 19.9 Å².